The third kappa shape index (κ3) is 1.93. The van der Waals surface area contributed by atoms with Gasteiger partial charge in [0.1, 0.15) is 5.82 Å². The van der Waals surface area contributed by atoms with Gasteiger partial charge < -0.3 is 5.32 Å². The number of carbonyl (C=O) groups is 1. The zero-order valence-electron chi connectivity index (χ0n) is 7.90. The van der Waals surface area contributed by atoms with Gasteiger partial charge in [-0.3, -0.25) is 14.5 Å². The molecule has 1 rings (SSSR count). The van der Waals surface area contributed by atoms with Crippen molar-refractivity contribution in [3.05, 3.63) is 11.8 Å². The molecule has 0 atom stereocenters. The van der Waals surface area contributed by atoms with Crippen LogP contribution >= 0.6 is 0 Å². The van der Waals surface area contributed by atoms with Crippen molar-refractivity contribution in [2.24, 2.45) is 12.0 Å². The zero-order valence-corrected chi connectivity index (χ0v) is 7.90. The van der Waals surface area contributed by atoms with Crippen LogP contribution in [0.1, 0.15) is 17.3 Å². The molecule has 1 aromatic heterocycles. The SMILES string of the molecule is CN=C(C)Nc1c(C=O)cnn1C. The number of aromatic nitrogens is 2. The molecule has 0 aliphatic carbocycles. The lowest BCUT2D eigenvalue weighted by Gasteiger charge is -2.05. The summed E-state index contributed by atoms with van der Waals surface area (Å²) in [4.78, 5) is 14.5. The average molecular weight is 180 g/mol. The van der Waals surface area contributed by atoms with Crippen LogP contribution in [0.5, 0.6) is 0 Å². The number of anilines is 1. The van der Waals surface area contributed by atoms with Crippen molar-refractivity contribution >= 4 is 17.9 Å². The highest BCUT2D eigenvalue weighted by molar-refractivity contribution is 5.96. The second kappa shape index (κ2) is 3.84. The minimum atomic E-state index is 0.533. The summed E-state index contributed by atoms with van der Waals surface area (Å²) in [5, 5.41) is 6.92. The summed E-state index contributed by atoms with van der Waals surface area (Å²) >= 11 is 0. The van der Waals surface area contributed by atoms with Crippen molar-refractivity contribution in [1.29, 1.82) is 0 Å². The van der Waals surface area contributed by atoms with Crippen LogP contribution in [0, 0.1) is 0 Å². The highest BCUT2D eigenvalue weighted by Crippen LogP contribution is 2.10. The summed E-state index contributed by atoms with van der Waals surface area (Å²) < 4.78 is 1.60. The lowest BCUT2D eigenvalue weighted by Crippen LogP contribution is -2.11. The van der Waals surface area contributed by atoms with Crippen molar-refractivity contribution in [2.45, 2.75) is 6.92 Å². The van der Waals surface area contributed by atoms with Crippen LogP contribution in [-0.2, 0) is 7.05 Å². The Balaban J connectivity index is 2.98. The van der Waals surface area contributed by atoms with Gasteiger partial charge in [-0.05, 0) is 6.92 Å². The fourth-order valence-corrected chi connectivity index (χ4v) is 0.921. The van der Waals surface area contributed by atoms with E-state index in [9.17, 15) is 4.79 Å². The number of nitrogens with zero attached hydrogens (tertiary/aromatic N) is 3. The van der Waals surface area contributed by atoms with Gasteiger partial charge in [0.25, 0.3) is 0 Å². The van der Waals surface area contributed by atoms with Crippen LogP contribution in [-0.4, -0.2) is 28.9 Å². The minimum Gasteiger partial charge on any atom is -0.329 e. The normalized spacial score (nSPS) is 11.5. The Bertz CT molecular complexity index is 340. The van der Waals surface area contributed by atoms with E-state index in [1.54, 1.807) is 18.8 Å². The predicted molar refractivity (Wildman–Crippen MR) is 51.3 cm³/mol. The maximum Gasteiger partial charge on any atom is 0.155 e. The number of carbonyl (C=O) groups excluding carboxylic acids is 1. The fraction of sp³-hybridized carbons (Fsp3) is 0.375. The van der Waals surface area contributed by atoms with E-state index in [0.29, 0.717) is 11.4 Å². The van der Waals surface area contributed by atoms with E-state index in [4.69, 9.17) is 0 Å². The molecule has 0 unspecified atom stereocenters. The standard InChI is InChI=1S/C8H12N4O/c1-6(9-2)11-8-7(5-13)4-10-12(8)3/h4-5H,1-3H3,(H,9,11). The van der Waals surface area contributed by atoms with Gasteiger partial charge >= 0.3 is 0 Å². The quantitative estimate of drug-likeness (QED) is 0.414. The molecule has 70 valence electrons. The molecule has 0 radical (unpaired) electrons. The van der Waals surface area contributed by atoms with E-state index in [-0.39, 0.29) is 0 Å². The molecule has 0 aliphatic heterocycles. The Kier molecular flexibility index (Phi) is 2.79. The molecular weight excluding hydrogens is 168 g/mol. The Morgan fingerprint density at radius 3 is 3.00 bits per heavy atom. The van der Waals surface area contributed by atoms with Gasteiger partial charge in [-0.15, -0.1) is 0 Å². The van der Waals surface area contributed by atoms with Crippen LogP contribution in [0.3, 0.4) is 0 Å². The number of aryl methyl sites for hydroxylation is 1. The summed E-state index contributed by atoms with van der Waals surface area (Å²) in [7, 11) is 3.44. The molecule has 0 saturated heterocycles. The number of amidine groups is 1. The molecule has 0 saturated carbocycles. The maximum absolute atomic E-state index is 10.6. The van der Waals surface area contributed by atoms with Crippen LogP contribution < -0.4 is 5.32 Å². The molecule has 0 amide bonds. The second-order valence-electron chi connectivity index (χ2n) is 2.62. The Labute approximate surface area is 76.5 Å². The number of aldehydes is 1. The summed E-state index contributed by atoms with van der Waals surface area (Å²) in [6.07, 6.45) is 2.27. The lowest BCUT2D eigenvalue weighted by atomic mass is 10.3. The van der Waals surface area contributed by atoms with Crippen molar-refractivity contribution in [2.75, 3.05) is 12.4 Å². The summed E-state index contributed by atoms with van der Waals surface area (Å²) in [5.41, 5.74) is 0.533. The number of nitrogens with one attached hydrogen (secondary N) is 1. The van der Waals surface area contributed by atoms with E-state index in [1.165, 1.54) is 6.20 Å². The Morgan fingerprint density at radius 2 is 2.46 bits per heavy atom. The van der Waals surface area contributed by atoms with Crippen molar-refractivity contribution in [3.63, 3.8) is 0 Å². The average Bonchev–Trinajstić information content (AvgIpc) is 2.48. The number of hydrogen-bond donors (Lipinski definition) is 1. The molecule has 1 N–H and O–H groups in total. The first-order valence-electron chi connectivity index (χ1n) is 3.86. The summed E-state index contributed by atoms with van der Waals surface area (Å²) in [6.45, 7) is 1.82. The Hall–Kier alpha value is -1.65. The third-order valence-electron chi connectivity index (χ3n) is 1.73. The molecular formula is C8H12N4O. The van der Waals surface area contributed by atoms with Gasteiger partial charge in [0.05, 0.1) is 17.6 Å². The molecule has 5 heteroatoms. The molecule has 13 heavy (non-hydrogen) atoms. The van der Waals surface area contributed by atoms with Crippen molar-refractivity contribution in [3.8, 4) is 0 Å². The smallest absolute Gasteiger partial charge is 0.155 e. The number of rotatable bonds is 2. The molecule has 0 bridgehead atoms. The van der Waals surface area contributed by atoms with Crippen molar-refractivity contribution < 1.29 is 4.79 Å². The molecule has 1 heterocycles. The van der Waals surface area contributed by atoms with E-state index in [0.717, 1.165) is 12.1 Å². The van der Waals surface area contributed by atoms with Crippen LogP contribution in [0.15, 0.2) is 11.2 Å². The molecule has 0 fully saturated rings. The Morgan fingerprint density at radius 1 is 1.77 bits per heavy atom. The highest BCUT2D eigenvalue weighted by atomic mass is 16.1. The maximum atomic E-state index is 10.6. The number of aliphatic imine (C=N–C) groups is 1. The zero-order chi connectivity index (χ0) is 9.84. The molecule has 5 nitrogen and oxygen atoms in total. The molecule has 0 spiro atoms. The summed E-state index contributed by atoms with van der Waals surface area (Å²) in [5.74, 6) is 1.41. The van der Waals surface area contributed by atoms with Crippen molar-refractivity contribution in [1.82, 2.24) is 9.78 Å². The second-order valence-corrected chi connectivity index (χ2v) is 2.62. The van der Waals surface area contributed by atoms with Crippen LogP contribution in [0.4, 0.5) is 5.82 Å². The molecule has 0 aliphatic rings. The topological polar surface area (TPSA) is 59.3 Å². The van der Waals surface area contributed by atoms with Gasteiger partial charge in [-0.2, -0.15) is 5.10 Å². The fourth-order valence-electron chi connectivity index (χ4n) is 0.921. The van der Waals surface area contributed by atoms with E-state index < -0.39 is 0 Å². The minimum absolute atomic E-state index is 0.533. The first-order chi connectivity index (χ1) is 6.19. The van der Waals surface area contributed by atoms with Crippen LogP contribution in [0.25, 0.3) is 0 Å². The third-order valence-corrected chi connectivity index (χ3v) is 1.73. The van der Waals surface area contributed by atoms with E-state index in [2.05, 4.69) is 15.4 Å². The van der Waals surface area contributed by atoms with Gasteiger partial charge in [-0.1, -0.05) is 0 Å². The monoisotopic (exact) mass is 180 g/mol. The highest BCUT2D eigenvalue weighted by Gasteiger charge is 2.06. The molecule has 0 aromatic carbocycles. The van der Waals surface area contributed by atoms with E-state index >= 15 is 0 Å². The van der Waals surface area contributed by atoms with Gasteiger partial charge in [0.2, 0.25) is 0 Å². The molecule has 1 aromatic rings. The van der Waals surface area contributed by atoms with Gasteiger partial charge in [0, 0.05) is 14.1 Å². The lowest BCUT2D eigenvalue weighted by molar-refractivity contribution is 0.112. The first-order valence-corrected chi connectivity index (χ1v) is 3.86. The van der Waals surface area contributed by atoms with E-state index in [1.807, 2.05) is 6.92 Å². The predicted octanol–water partition coefficient (Wildman–Crippen LogP) is 0.693. The van der Waals surface area contributed by atoms with Gasteiger partial charge in [-0.25, -0.2) is 0 Å². The van der Waals surface area contributed by atoms with Crippen LogP contribution in [0.2, 0.25) is 0 Å². The first kappa shape index (κ1) is 9.44. The number of hydrogen-bond acceptors (Lipinski definition) is 3. The van der Waals surface area contributed by atoms with Gasteiger partial charge in [0.15, 0.2) is 6.29 Å². The summed E-state index contributed by atoms with van der Waals surface area (Å²) in [6, 6.07) is 0. The largest absolute Gasteiger partial charge is 0.329 e.